The standard InChI is InChI=1S/C26H31N5O4/c1-4-35-26(34)28-21-10-7-8-19(16-21)18-31-25(33)13-12-23(29-31)22-11-6-5-9-20(22)17-27-24(32)14-15-30(2)3/h5-13,16H,4,14-15,17-18H2,1-3H3,(H,27,32)(H,28,34). The van der Waals surface area contributed by atoms with Gasteiger partial charge in [0.1, 0.15) is 0 Å². The Bertz CT molecular complexity index is 1220. The van der Waals surface area contributed by atoms with Gasteiger partial charge in [-0.3, -0.25) is 14.9 Å². The molecule has 0 saturated heterocycles. The molecular weight excluding hydrogens is 446 g/mol. The van der Waals surface area contributed by atoms with Crippen molar-refractivity contribution >= 4 is 17.7 Å². The van der Waals surface area contributed by atoms with Gasteiger partial charge in [-0.15, -0.1) is 0 Å². The molecule has 2 aromatic carbocycles. The van der Waals surface area contributed by atoms with Crippen molar-refractivity contribution in [2.45, 2.75) is 26.4 Å². The number of hydrogen-bond donors (Lipinski definition) is 2. The number of ether oxygens (including phenoxy) is 1. The van der Waals surface area contributed by atoms with Crippen LogP contribution < -0.4 is 16.2 Å². The fourth-order valence-corrected chi connectivity index (χ4v) is 3.44. The molecule has 9 heteroatoms. The summed E-state index contributed by atoms with van der Waals surface area (Å²) in [7, 11) is 3.85. The van der Waals surface area contributed by atoms with Crippen molar-refractivity contribution in [3.63, 3.8) is 0 Å². The number of benzene rings is 2. The molecular formula is C26H31N5O4. The van der Waals surface area contributed by atoms with Crippen molar-refractivity contribution in [3.05, 3.63) is 82.1 Å². The van der Waals surface area contributed by atoms with E-state index >= 15 is 0 Å². The summed E-state index contributed by atoms with van der Waals surface area (Å²) in [6.07, 6.45) is -0.116. The van der Waals surface area contributed by atoms with Crippen LogP contribution in [-0.2, 0) is 22.6 Å². The molecule has 1 heterocycles. The normalized spacial score (nSPS) is 10.7. The summed E-state index contributed by atoms with van der Waals surface area (Å²) in [5.41, 5.74) is 3.50. The summed E-state index contributed by atoms with van der Waals surface area (Å²) >= 11 is 0. The van der Waals surface area contributed by atoms with Gasteiger partial charge in [-0.2, -0.15) is 5.10 Å². The summed E-state index contributed by atoms with van der Waals surface area (Å²) in [6.45, 7) is 3.28. The van der Waals surface area contributed by atoms with Crippen LogP contribution in [0.1, 0.15) is 24.5 Å². The molecule has 0 unspecified atom stereocenters. The molecule has 184 valence electrons. The second-order valence-electron chi connectivity index (χ2n) is 8.25. The number of aromatic nitrogens is 2. The smallest absolute Gasteiger partial charge is 0.411 e. The van der Waals surface area contributed by atoms with Crippen LogP contribution in [0.3, 0.4) is 0 Å². The van der Waals surface area contributed by atoms with Crippen molar-refractivity contribution in [2.24, 2.45) is 0 Å². The van der Waals surface area contributed by atoms with Crippen LogP contribution in [0.4, 0.5) is 10.5 Å². The van der Waals surface area contributed by atoms with Crippen molar-refractivity contribution in [3.8, 4) is 11.3 Å². The zero-order valence-corrected chi connectivity index (χ0v) is 20.3. The molecule has 3 aromatic rings. The molecule has 0 bridgehead atoms. The predicted octanol–water partition coefficient (Wildman–Crippen LogP) is 3.09. The summed E-state index contributed by atoms with van der Waals surface area (Å²) in [4.78, 5) is 38.4. The van der Waals surface area contributed by atoms with Crippen LogP contribution in [0.2, 0.25) is 0 Å². The van der Waals surface area contributed by atoms with Crippen LogP contribution in [0.5, 0.6) is 0 Å². The third-order valence-electron chi connectivity index (χ3n) is 5.20. The number of hydrogen-bond acceptors (Lipinski definition) is 6. The SMILES string of the molecule is CCOC(=O)Nc1cccc(Cn2nc(-c3ccccc3CNC(=O)CCN(C)C)ccc2=O)c1. The topological polar surface area (TPSA) is 106 Å². The maximum Gasteiger partial charge on any atom is 0.411 e. The van der Waals surface area contributed by atoms with Crippen LogP contribution in [0, 0.1) is 0 Å². The van der Waals surface area contributed by atoms with Gasteiger partial charge in [0.25, 0.3) is 5.56 Å². The van der Waals surface area contributed by atoms with Crippen molar-refractivity contribution in [1.29, 1.82) is 0 Å². The van der Waals surface area contributed by atoms with Crippen molar-refractivity contribution < 1.29 is 14.3 Å². The Labute approximate surface area is 204 Å². The molecule has 0 fully saturated rings. The Hall–Kier alpha value is -3.98. The Morgan fingerprint density at radius 3 is 2.63 bits per heavy atom. The third-order valence-corrected chi connectivity index (χ3v) is 5.20. The maximum absolute atomic E-state index is 12.5. The quantitative estimate of drug-likeness (QED) is 0.465. The van der Waals surface area contributed by atoms with Gasteiger partial charge in [0.15, 0.2) is 0 Å². The average Bonchev–Trinajstić information content (AvgIpc) is 2.83. The second-order valence-corrected chi connectivity index (χ2v) is 8.25. The van der Waals surface area contributed by atoms with Gasteiger partial charge < -0.3 is 15.0 Å². The monoisotopic (exact) mass is 477 g/mol. The highest BCUT2D eigenvalue weighted by atomic mass is 16.5. The molecule has 0 saturated carbocycles. The lowest BCUT2D eigenvalue weighted by Gasteiger charge is -2.13. The first-order chi connectivity index (χ1) is 16.9. The van der Waals surface area contributed by atoms with Crippen LogP contribution in [0.25, 0.3) is 11.3 Å². The van der Waals surface area contributed by atoms with E-state index in [1.165, 1.54) is 10.7 Å². The summed E-state index contributed by atoms with van der Waals surface area (Å²) in [5.74, 6) is -0.0252. The first-order valence-electron chi connectivity index (χ1n) is 11.5. The number of anilines is 1. The third kappa shape index (κ3) is 7.79. The Balaban J connectivity index is 1.78. The minimum atomic E-state index is -0.535. The second kappa shape index (κ2) is 12.5. The first-order valence-corrected chi connectivity index (χ1v) is 11.5. The molecule has 3 rings (SSSR count). The van der Waals surface area contributed by atoms with E-state index in [-0.39, 0.29) is 24.6 Å². The Kier molecular flexibility index (Phi) is 9.14. The van der Waals surface area contributed by atoms with Gasteiger partial charge in [-0.1, -0.05) is 36.4 Å². The highest BCUT2D eigenvalue weighted by Crippen LogP contribution is 2.21. The minimum absolute atomic E-state index is 0.0252. The maximum atomic E-state index is 12.5. The zero-order valence-electron chi connectivity index (χ0n) is 20.3. The van der Waals surface area contributed by atoms with Gasteiger partial charge in [-0.25, -0.2) is 9.48 Å². The van der Waals surface area contributed by atoms with Gasteiger partial charge in [-0.05, 0) is 50.3 Å². The lowest BCUT2D eigenvalue weighted by Crippen LogP contribution is -2.27. The van der Waals surface area contributed by atoms with E-state index in [9.17, 15) is 14.4 Å². The van der Waals surface area contributed by atoms with E-state index in [4.69, 9.17) is 4.74 Å². The predicted molar refractivity (Wildman–Crippen MR) is 135 cm³/mol. The molecule has 0 aliphatic rings. The number of nitrogens with one attached hydrogen (secondary N) is 2. The summed E-state index contributed by atoms with van der Waals surface area (Å²) in [6, 6.07) is 18.0. The van der Waals surface area contributed by atoms with E-state index in [1.54, 1.807) is 31.2 Å². The molecule has 1 aromatic heterocycles. The molecule has 35 heavy (non-hydrogen) atoms. The van der Waals surface area contributed by atoms with Gasteiger partial charge >= 0.3 is 6.09 Å². The number of rotatable bonds is 10. The summed E-state index contributed by atoms with van der Waals surface area (Å²) in [5, 5.41) is 10.2. The van der Waals surface area contributed by atoms with E-state index in [1.807, 2.05) is 49.3 Å². The molecule has 0 aliphatic heterocycles. The number of amides is 2. The largest absolute Gasteiger partial charge is 0.450 e. The van der Waals surface area contributed by atoms with E-state index in [0.717, 1.165) is 16.7 Å². The highest BCUT2D eigenvalue weighted by molar-refractivity contribution is 5.84. The number of carbonyl (C=O) groups is 2. The van der Waals surface area contributed by atoms with Gasteiger partial charge in [0, 0.05) is 36.8 Å². The lowest BCUT2D eigenvalue weighted by atomic mass is 10.0. The van der Waals surface area contributed by atoms with Crippen LogP contribution in [-0.4, -0.2) is 53.9 Å². The number of carbonyl (C=O) groups excluding carboxylic acids is 2. The zero-order chi connectivity index (χ0) is 25.2. The van der Waals surface area contributed by atoms with E-state index < -0.39 is 6.09 Å². The van der Waals surface area contributed by atoms with Crippen LogP contribution >= 0.6 is 0 Å². The lowest BCUT2D eigenvalue weighted by molar-refractivity contribution is -0.121. The fraction of sp³-hybridized carbons (Fsp3) is 0.308. The average molecular weight is 478 g/mol. The molecule has 2 N–H and O–H groups in total. The molecule has 9 nitrogen and oxygen atoms in total. The highest BCUT2D eigenvalue weighted by Gasteiger charge is 2.11. The van der Waals surface area contributed by atoms with Gasteiger partial charge in [0.05, 0.1) is 18.8 Å². The van der Waals surface area contributed by atoms with Crippen molar-refractivity contribution in [1.82, 2.24) is 20.0 Å². The van der Waals surface area contributed by atoms with Gasteiger partial charge in [0.2, 0.25) is 5.91 Å². The number of nitrogens with zero attached hydrogens (tertiary/aromatic N) is 3. The molecule has 0 aliphatic carbocycles. The fourth-order valence-electron chi connectivity index (χ4n) is 3.44. The minimum Gasteiger partial charge on any atom is -0.450 e. The first kappa shape index (κ1) is 25.6. The Morgan fingerprint density at radius 1 is 1.06 bits per heavy atom. The summed E-state index contributed by atoms with van der Waals surface area (Å²) < 4.78 is 6.29. The molecule has 0 spiro atoms. The van der Waals surface area contributed by atoms with E-state index in [2.05, 4.69) is 15.7 Å². The van der Waals surface area contributed by atoms with E-state index in [0.29, 0.717) is 30.9 Å². The Morgan fingerprint density at radius 2 is 1.86 bits per heavy atom. The van der Waals surface area contributed by atoms with Crippen molar-refractivity contribution in [2.75, 3.05) is 32.6 Å². The molecule has 0 radical (unpaired) electrons. The van der Waals surface area contributed by atoms with Crippen LogP contribution in [0.15, 0.2) is 65.5 Å². The molecule has 2 amide bonds. The molecule has 0 atom stereocenters.